The highest BCUT2D eigenvalue weighted by Crippen LogP contribution is 2.49. The average molecular weight is 275 g/mol. The van der Waals surface area contributed by atoms with E-state index in [0.717, 1.165) is 24.3 Å². The van der Waals surface area contributed by atoms with Gasteiger partial charge in [-0.25, -0.2) is 0 Å². The molecule has 0 saturated heterocycles. The van der Waals surface area contributed by atoms with Gasteiger partial charge in [-0.2, -0.15) is 5.10 Å². The lowest BCUT2D eigenvalue weighted by Gasteiger charge is -2.21. The van der Waals surface area contributed by atoms with Crippen LogP contribution in [0.2, 0.25) is 0 Å². The quantitative estimate of drug-likeness (QED) is 0.824. The Kier molecular flexibility index (Phi) is 3.89. The van der Waals surface area contributed by atoms with Gasteiger partial charge in [0.05, 0.1) is 5.69 Å². The molecule has 1 atom stereocenters. The molecule has 0 aliphatic heterocycles. The van der Waals surface area contributed by atoms with Crippen molar-refractivity contribution in [3.05, 3.63) is 17.0 Å². The fourth-order valence-corrected chi connectivity index (χ4v) is 3.83. The van der Waals surface area contributed by atoms with Crippen molar-refractivity contribution in [2.75, 3.05) is 6.54 Å². The van der Waals surface area contributed by atoms with Crippen molar-refractivity contribution in [2.45, 2.75) is 66.0 Å². The van der Waals surface area contributed by atoms with Crippen LogP contribution < -0.4 is 5.32 Å². The zero-order valence-corrected chi connectivity index (χ0v) is 13.4. The minimum absolute atomic E-state index is 0.426. The molecule has 2 aliphatic rings. The van der Waals surface area contributed by atoms with Gasteiger partial charge in [-0.3, -0.25) is 4.68 Å². The Morgan fingerprint density at radius 1 is 1.20 bits per heavy atom. The fraction of sp³-hybridized carbons (Fsp3) is 0.824. The highest BCUT2D eigenvalue weighted by Gasteiger charge is 2.41. The third kappa shape index (κ3) is 2.78. The van der Waals surface area contributed by atoms with Crippen molar-refractivity contribution in [2.24, 2.45) is 17.8 Å². The van der Waals surface area contributed by atoms with E-state index in [1.807, 2.05) is 0 Å². The second-order valence-electron chi connectivity index (χ2n) is 6.87. The maximum atomic E-state index is 4.65. The van der Waals surface area contributed by atoms with E-state index in [9.17, 15) is 0 Å². The fourth-order valence-electron chi connectivity index (χ4n) is 3.83. The summed E-state index contributed by atoms with van der Waals surface area (Å²) in [5, 5.41) is 8.46. The molecule has 1 unspecified atom stereocenters. The van der Waals surface area contributed by atoms with E-state index in [2.05, 4.69) is 42.8 Å². The predicted molar refractivity (Wildman–Crippen MR) is 82.7 cm³/mol. The van der Waals surface area contributed by atoms with Crippen LogP contribution in [0.3, 0.4) is 0 Å². The summed E-state index contributed by atoms with van der Waals surface area (Å²) in [6.07, 6.45) is 5.90. The molecule has 112 valence electrons. The lowest BCUT2D eigenvalue weighted by Crippen LogP contribution is -2.28. The number of rotatable bonds is 7. The van der Waals surface area contributed by atoms with Crippen LogP contribution in [-0.4, -0.2) is 16.3 Å². The number of nitrogens with zero attached hydrogens (tertiary/aromatic N) is 2. The molecule has 0 aromatic carbocycles. The number of hydrogen-bond acceptors (Lipinski definition) is 2. The Balaban J connectivity index is 1.63. The summed E-state index contributed by atoms with van der Waals surface area (Å²) in [7, 11) is 0. The minimum atomic E-state index is 0.426. The van der Waals surface area contributed by atoms with Crippen molar-refractivity contribution in [1.82, 2.24) is 15.1 Å². The molecule has 2 aliphatic carbocycles. The van der Waals surface area contributed by atoms with Gasteiger partial charge in [0, 0.05) is 23.8 Å². The molecule has 3 rings (SSSR count). The highest BCUT2D eigenvalue weighted by molar-refractivity contribution is 5.27. The van der Waals surface area contributed by atoms with Crippen molar-refractivity contribution in [3.63, 3.8) is 0 Å². The predicted octanol–water partition coefficient (Wildman–Crippen LogP) is 3.61. The first kappa shape index (κ1) is 14.1. The minimum Gasteiger partial charge on any atom is -0.310 e. The van der Waals surface area contributed by atoms with E-state index < -0.39 is 0 Å². The molecule has 20 heavy (non-hydrogen) atoms. The molecule has 0 bridgehead atoms. The first-order chi connectivity index (χ1) is 9.61. The molecule has 0 amide bonds. The summed E-state index contributed by atoms with van der Waals surface area (Å²) in [6.45, 7) is 11.0. The summed E-state index contributed by atoms with van der Waals surface area (Å²) < 4.78 is 2.13. The average Bonchev–Trinajstić information content (AvgIpc) is 3.29. The van der Waals surface area contributed by atoms with Crippen LogP contribution in [0.25, 0.3) is 0 Å². The number of aromatic nitrogens is 2. The monoisotopic (exact) mass is 275 g/mol. The maximum absolute atomic E-state index is 4.65. The Morgan fingerprint density at radius 2 is 1.80 bits per heavy atom. The van der Waals surface area contributed by atoms with Crippen LogP contribution >= 0.6 is 0 Å². The van der Waals surface area contributed by atoms with Crippen LogP contribution in [0.4, 0.5) is 0 Å². The van der Waals surface area contributed by atoms with Crippen LogP contribution in [0.15, 0.2) is 0 Å². The van der Waals surface area contributed by atoms with Crippen LogP contribution in [0.1, 0.15) is 62.5 Å². The smallest absolute Gasteiger partial charge is 0.0644 e. The molecular weight excluding hydrogens is 246 g/mol. The van der Waals surface area contributed by atoms with Crippen molar-refractivity contribution in [1.29, 1.82) is 0 Å². The van der Waals surface area contributed by atoms with Gasteiger partial charge in [0.1, 0.15) is 0 Å². The first-order valence-electron chi connectivity index (χ1n) is 8.39. The molecule has 1 N–H and O–H groups in total. The lowest BCUT2D eigenvalue weighted by atomic mass is 9.97. The van der Waals surface area contributed by atoms with Gasteiger partial charge in [-0.05, 0) is 77.7 Å². The summed E-state index contributed by atoms with van der Waals surface area (Å²) in [5.74, 6) is 3.00. The topological polar surface area (TPSA) is 29.9 Å². The third-order valence-corrected chi connectivity index (χ3v) is 5.28. The summed E-state index contributed by atoms with van der Waals surface area (Å²) in [4.78, 5) is 0. The van der Waals surface area contributed by atoms with Crippen LogP contribution in [0.5, 0.6) is 0 Å². The van der Waals surface area contributed by atoms with Gasteiger partial charge in [0.2, 0.25) is 0 Å². The molecule has 1 heterocycles. The van der Waals surface area contributed by atoms with Crippen LogP contribution in [-0.2, 0) is 6.54 Å². The molecule has 3 heteroatoms. The number of hydrogen-bond donors (Lipinski definition) is 1. The highest BCUT2D eigenvalue weighted by atomic mass is 15.3. The zero-order chi connectivity index (χ0) is 14.3. The molecular formula is C17H29N3. The van der Waals surface area contributed by atoms with Gasteiger partial charge >= 0.3 is 0 Å². The molecule has 2 saturated carbocycles. The van der Waals surface area contributed by atoms with E-state index in [-0.39, 0.29) is 0 Å². The van der Waals surface area contributed by atoms with E-state index in [1.54, 1.807) is 0 Å². The molecule has 2 fully saturated rings. The Bertz CT molecular complexity index is 457. The maximum Gasteiger partial charge on any atom is 0.0644 e. The van der Waals surface area contributed by atoms with E-state index in [1.165, 1.54) is 49.2 Å². The summed E-state index contributed by atoms with van der Waals surface area (Å²) >= 11 is 0. The van der Waals surface area contributed by atoms with E-state index in [4.69, 9.17) is 0 Å². The molecule has 0 radical (unpaired) electrons. The Hall–Kier alpha value is -0.830. The normalized spacial score (nSPS) is 20.6. The van der Waals surface area contributed by atoms with E-state index in [0.29, 0.717) is 6.04 Å². The first-order valence-corrected chi connectivity index (χ1v) is 8.39. The van der Waals surface area contributed by atoms with Gasteiger partial charge < -0.3 is 5.32 Å². The molecule has 3 nitrogen and oxygen atoms in total. The van der Waals surface area contributed by atoms with Crippen LogP contribution in [0, 0.1) is 31.6 Å². The van der Waals surface area contributed by atoms with Gasteiger partial charge in [-0.15, -0.1) is 0 Å². The number of aryl methyl sites for hydroxylation is 2. The SMILES string of the molecule is CCn1nc(C)c(C(C)NCC(C2CC2)C2CC2)c1C. The zero-order valence-electron chi connectivity index (χ0n) is 13.4. The number of nitrogens with one attached hydrogen (secondary N) is 1. The lowest BCUT2D eigenvalue weighted by molar-refractivity contribution is 0.361. The molecule has 1 aromatic rings. The van der Waals surface area contributed by atoms with Gasteiger partial charge in [0.15, 0.2) is 0 Å². The molecule has 1 aromatic heterocycles. The van der Waals surface area contributed by atoms with Crippen molar-refractivity contribution < 1.29 is 0 Å². The van der Waals surface area contributed by atoms with Gasteiger partial charge in [-0.1, -0.05) is 0 Å². The van der Waals surface area contributed by atoms with Crippen molar-refractivity contribution >= 4 is 0 Å². The summed E-state index contributed by atoms with van der Waals surface area (Å²) in [5.41, 5.74) is 3.94. The molecule has 0 spiro atoms. The largest absolute Gasteiger partial charge is 0.310 e. The summed E-state index contributed by atoms with van der Waals surface area (Å²) in [6, 6.07) is 0.426. The Labute approximate surface area is 123 Å². The van der Waals surface area contributed by atoms with E-state index >= 15 is 0 Å². The standard InChI is InChI=1S/C17H29N3/c1-5-20-13(4)17(12(3)19-20)11(2)18-10-16(14-6-7-14)15-8-9-15/h11,14-16,18H,5-10H2,1-4H3. The third-order valence-electron chi connectivity index (χ3n) is 5.28. The second-order valence-corrected chi connectivity index (χ2v) is 6.87. The van der Waals surface area contributed by atoms with Gasteiger partial charge in [0.25, 0.3) is 0 Å². The second kappa shape index (κ2) is 5.51. The van der Waals surface area contributed by atoms with Crippen molar-refractivity contribution in [3.8, 4) is 0 Å². The Morgan fingerprint density at radius 3 is 2.25 bits per heavy atom.